The molecule has 0 spiro atoms. The standard InChI is InChI=1S/C11H15FN2/c12-9(5-6-13)11-7-8-3-1-2-4-10(8)14-11/h1-4,9,11,14H,5-7,13H2. The summed E-state index contributed by atoms with van der Waals surface area (Å²) in [4.78, 5) is 0. The summed E-state index contributed by atoms with van der Waals surface area (Å²) in [5.41, 5.74) is 7.61. The van der Waals surface area contributed by atoms with E-state index in [2.05, 4.69) is 5.32 Å². The SMILES string of the molecule is NCCC(F)C1Cc2ccccc2N1. The number of benzene rings is 1. The molecule has 0 saturated heterocycles. The smallest absolute Gasteiger partial charge is 0.122 e. The fraction of sp³-hybridized carbons (Fsp3) is 0.455. The minimum absolute atomic E-state index is 0.0871. The van der Waals surface area contributed by atoms with Crippen LogP contribution in [0.4, 0.5) is 10.1 Å². The van der Waals surface area contributed by atoms with E-state index >= 15 is 0 Å². The summed E-state index contributed by atoms with van der Waals surface area (Å²) in [6, 6.07) is 7.89. The Morgan fingerprint density at radius 1 is 1.50 bits per heavy atom. The first-order valence-corrected chi connectivity index (χ1v) is 5.00. The molecule has 0 bridgehead atoms. The molecule has 2 nitrogen and oxygen atoms in total. The van der Waals surface area contributed by atoms with Gasteiger partial charge in [-0.1, -0.05) is 18.2 Å². The van der Waals surface area contributed by atoms with Crippen LogP contribution >= 0.6 is 0 Å². The van der Waals surface area contributed by atoms with Crippen LogP contribution in [-0.4, -0.2) is 18.8 Å². The number of para-hydroxylation sites is 1. The largest absolute Gasteiger partial charge is 0.379 e. The number of fused-ring (bicyclic) bond motifs is 1. The van der Waals surface area contributed by atoms with E-state index < -0.39 is 6.17 Å². The number of alkyl halides is 1. The van der Waals surface area contributed by atoms with E-state index in [1.165, 1.54) is 5.56 Å². The van der Waals surface area contributed by atoms with Crippen molar-refractivity contribution in [1.82, 2.24) is 0 Å². The van der Waals surface area contributed by atoms with Crippen LogP contribution < -0.4 is 11.1 Å². The van der Waals surface area contributed by atoms with Crippen LogP contribution in [0, 0.1) is 0 Å². The van der Waals surface area contributed by atoms with Crippen molar-refractivity contribution in [3.05, 3.63) is 29.8 Å². The molecule has 2 atom stereocenters. The van der Waals surface area contributed by atoms with E-state index in [0.29, 0.717) is 13.0 Å². The first kappa shape index (κ1) is 9.46. The summed E-state index contributed by atoms with van der Waals surface area (Å²) >= 11 is 0. The van der Waals surface area contributed by atoms with Crippen molar-refractivity contribution in [3.8, 4) is 0 Å². The van der Waals surface area contributed by atoms with E-state index in [4.69, 9.17) is 5.73 Å². The summed E-state index contributed by atoms with van der Waals surface area (Å²) in [6.45, 7) is 0.412. The predicted molar refractivity (Wildman–Crippen MR) is 56.1 cm³/mol. The molecule has 1 aromatic carbocycles. The van der Waals surface area contributed by atoms with Crippen molar-refractivity contribution >= 4 is 5.69 Å². The molecule has 1 aliphatic rings. The van der Waals surface area contributed by atoms with Gasteiger partial charge in [0.15, 0.2) is 0 Å². The zero-order valence-electron chi connectivity index (χ0n) is 8.04. The molecule has 3 heteroatoms. The number of hydrogen-bond acceptors (Lipinski definition) is 2. The molecule has 3 N–H and O–H groups in total. The molecule has 0 aliphatic carbocycles. The van der Waals surface area contributed by atoms with Gasteiger partial charge in [-0.05, 0) is 31.0 Å². The maximum Gasteiger partial charge on any atom is 0.122 e. The normalized spacial score (nSPS) is 21.4. The zero-order valence-corrected chi connectivity index (χ0v) is 8.04. The molecule has 2 rings (SSSR count). The monoisotopic (exact) mass is 194 g/mol. The van der Waals surface area contributed by atoms with Crippen LogP contribution in [0.3, 0.4) is 0 Å². The van der Waals surface area contributed by atoms with Gasteiger partial charge in [-0.15, -0.1) is 0 Å². The highest BCUT2D eigenvalue weighted by Gasteiger charge is 2.26. The van der Waals surface area contributed by atoms with Crippen LogP contribution in [0.1, 0.15) is 12.0 Å². The Labute approximate surface area is 83.3 Å². The molecule has 0 amide bonds. The fourth-order valence-corrected chi connectivity index (χ4v) is 1.91. The van der Waals surface area contributed by atoms with Gasteiger partial charge < -0.3 is 11.1 Å². The molecular weight excluding hydrogens is 179 g/mol. The zero-order chi connectivity index (χ0) is 9.97. The van der Waals surface area contributed by atoms with Gasteiger partial charge in [0.05, 0.1) is 6.04 Å². The molecular formula is C11H15FN2. The van der Waals surface area contributed by atoms with Crippen LogP contribution in [0.25, 0.3) is 0 Å². The van der Waals surface area contributed by atoms with Crippen LogP contribution in [0.5, 0.6) is 0 Å². The lowest BCUT2D eigenvalue weighted by Gasteiger charge is -2.15. The molecule has 1 aliphatic heterocycles. The second-order valence-corrected chi connectivity index (χ2v) is 3.71. The summed E-state index contributed by atoms with van der Waals surface area (Å²) in [5.74, 6) is 0. The van der Waals surface area contributed by atoms with E-state index in [9.17, 15) is 4.39 Å². The van der Waals surface area contributed by atoms with Crippen molar-refractivity contribution in [2.75, 3.05) is 11.9 Å². The molecule has 76 valence electrons. The fourth-order valence-electron chi connectivity index (χ4n) is 1.91. The Kier molecular flexibility index (Phi) is 2.68. The average Bonchev–Trinajstić information content (AvgIpc) is 2.61. The first-order chi connectivity index (χ1) is 6.81. The average molecular weight is 194 g/mol. The number of nitrogens with two attached hydrogens (primary N) is 1. The maximum absolute atomic E-state index is 13.5. The van der Waals surface area contributed by atoms with Gasteiger partial charge in [0.2, 0.25) is 0 Å². The number of nitrogens with one attached hydrogen (secondary N) is 1. The lowest BCUT2D eigenvalue weighted by atomic mass is 10.0. The third kappa shape index (κ3) is 1.73. The Balaban J connectivity index is 2.04. The molecule has 0 fully saturated rings. The van der Waals surface area contributed by atoms with Crippen LogP contribution in [0.15, 0.2) is 24.3 Å². The van der Waals surface area contributed by atoms with Gasteiger partial charge in [0, 0.05) is 5.69 Å². The molecule has 1 aromatic rings. The molecule has 2 unspecified atom stereocenters. The van der Waals surface area contributed by atoms with E-state index in [-0.39, 0.29) is 6.04 Å². The number of hydrogen-bond donors (Lipinski definition) is 2. The summed E-state index contributed by atoms with van der Waals surface area (Å²) in [5, 5.41) is 3.19. The van der Waals surface area contributed by atoms with Crippen LogP contribution in [0.2, 0.25) is 0 Å². The van der Waals surface area contributed by atoms with Gasteiger partial charge in [-0.2, -0.15) is 0 Å². The number of rotatable bonds is 3. The van der Waals surface area contributed by atoms with Gasteiger partial charge in [0.25, 0.3) is 0 Å². The maximum atomic E-state index is 13.5. The highest BCUT2D eigenvalue weighted by Crippen LogP contribution is 2.28. The van der Waals surface area contributed by atoms with Crippen molar-refractivity contribution in [1.29, 1.82) is 0 Å². The highest BCUT2D eigenvalue weighted by molar-refractivity contribution is 5.56. The second-order valence-electron chi connectivity index (χ2n) is 3.71. The van der Waals surface area contributed by atoms with Crippen molar-refractivity contribution in [2.45, 2.75) is 25.1 Å². The second kappa shape index (κ2) is 3.96. The third-order valence-corrected chi connectivity index (χ3v) is 2.68. The van der Waals surface area contributed by atoms with Crippen molar-refractivity contribution < 1.29 is 4.39 Å². The van der Waals surface area contributed by atoms with Gasteiger partial charge >= 0.3 is 0 Å². The Hall–Kier alpha value is -1.09. The number of anilines is 1. The first-order valence-electron chi connectivity index (χ1n) is 5.00. The lowest BCUT2D eigenvalue weighted by Crippen LogP contribution is -2.30. The highest BCUT2D eigenvalue weighted by atomic mass is 19.1. The minimum atomic E-state index is -0.840. The molecule has 0 saturated carbocycles. The third-order valence-electron chi connectivity index (χ3n) is 2.68. The molecule has 1 heterocycles. The van der Waals surface area contributed by atoms with Crippen molar-refractivity contribution in [2.24, 2.45) is 5.73 Å². The molecule has 14 heavy (non-hydrogen) atoms. The summed E-state index contributed by atoms with van der Waals surface area (Å²) in [7, 11) is 0. The van der Waals surface area contributed by atoms with E-state index in [0.717, 1.165) is 12.1 Å². The topological polar surface area (TPSA) is 38.0 Å². The van der Waals surface area contributed by atoms with Crippen LogP contribution in [-0.2, 0) is 6.42 Å². The van der Waals surface area contributed by atoms with Gasteiger partial charge in [0.1, 0.15) is 6.17 Å². The Morgan fingerprint density at radius 2 is 2.29 bits per heavy atom. The quantitative estimate of drug-likeness (QED) is 0.768. The molecule has 0 aromatic heterocycles. The van der Waals surface area contributed by atoms with Gasteiger partial charge in [-0.3, -0.25) is 0 Å². The Bertz CT molecular complexity index is 289. The number of halogens is 1. The Morgan fingerprint density at radius 3 is 3.00 bits per heavy atom. The van der Waals surface area contributed by atoms with Gasteiger partial charge in [-0.25, -0.2) is 4.39 Å². The lowest BCUT2D eigenvalue weighted by molar-refractivity contribution is 0.283. The molecule has 0 radical (unpaired) electrons. The van der Waals surface area contributed by atoms with Crippen molar-refractivity contribution in [3.63, 3.8) is 0 Å². The summed E-state index contributed by atoms with van der Waals surface area (Å²) < 4.78 is 13.5. The van der Waals surface area contributed by atoms with E-state index in [1.807, 2.05) is 24.3 Å². The summed E-state index contributed by atoms with van der Waals surface area (Å²) in [6.07, 6.45) is 0.371. The minimum Gasteiger partial charge on any atom is -0.379 e. The predicted octanol–water partition coefficient (Wildman–Crippen LogP) is 1.71. The van der Waals surface area contributed by atoms with E-state index in [1.54, 1.807) is 0 Å².